The molecule has 0 bridgehead atoms. The van der Waals surface area contributed by atoms with E-state index in [1.165, 1.54) is 0 Å². The van der Waals surface area contributed by atoms with Gasteiger partial charge in [0.25, 0.3) is 0 Å². The van der Waals surface area contributed by atoms with Crippen molar-refractivity contribution in [3.8, 4) is 0 Å². The Morgan fingerprint density at radius 2 is 2.30 bits per heavy atom. The van der Waals surface area contributed by atoms with Crippen LogP contribution in [0.4, 0.5) is 0 Å². The molecule has 0 fully saturated rings. The van der Waals surface area contributed by atoms with Crippen molar-refractivity contribution < 1.29 is 4.42 Å². The van der Waals surface area contributed by atoms with Crippen molar-refractivity contribution in [3.05, 3.63) is 29.3 Å². The lowest BCUT2D eigenvalue weighted by Crippen LogP contribution is -2.19. The second kappa shape index (κ2) is 2.52. The van der Waals surface area contributed by atoms with Gasteiger partial charge in [0.2, 0.25) is 0 Å². The minimum atomic E-state index is 0.595. The molecular weight excluding hydrogens is 126 g/mol. The number of nitrogens with zero attached hydrogens (tertiary/aromatic N) is 1. The first kappa shape index (κ1) is 6.81. The molecule has 0 spiro atoms. The van der Waals surface area contributed by atoms with E-state index < -0.39 is 0 Å². The average molecular weight is 135 g/mol. The fourth-order valence-corrected chi connectivity index (χ4v) is 0.727. The number of aromatic nitrogens is 1. The van der Waals surface area contributed by atoms with E-state index >= 15 is 0 Å². The summed E-state index contributed by atoms with van der Waals surface area (Å²) in [6, 6.07) is 0. The molecule has 1 aromatic heterocycles. The van der Waals surface area contributed by atoms with Crippen molar-refractivity contribution in [1.29, 1.82) is 0 Å². The lowest BCUT2D eigenvalue weighted by molar-refractivity contribution is 0.493. The van der Waals surface area contributed by atoms with Crippen molar-refractivity contribution in [1.82, 2.24) is 4.98 Å². The van der Waals surface area contributed by atoms with Gasteiger partial charge >= 0.3 is 0 Å². The highest BCUT2D eigenvalue weighted by atomic mass is 16.3. The Bertz CT molecular complexity index is 335. The summed E-state index contributed by atoms with van der Waals surface area (Å²) in [6.45, 7) is 8.98. The van der Waals surface area contributed by atoms with Crippen LogP contribution in [0.25, 0.3) is 12.7 Å². The van der Waals surface area contributed by atoms with E-state index in [1.807, 2.05) is 0 Å². The molecule has 0 atom stereocenters. The summed E-state index contributed by atoms with van der Waals surface area (Å²) in [5.41, 5.74) is 0.595. The van der Waals surface area contributed by atoms with Crippen LogP contribution in [0.3, 0.4) is 0 Å². The number of hydrogen-bond donors (Lipinski definition) is 0. The van der Waals surface area contributed by atoms with Crippen LogP contribution < -0.4 is 10.8 Å². The highest BCUT2D eigenvalue weighted by Gasteiger charge is 1.89. The number of rotatable bonds is 1. The number of aryl methyl sites for hydroxylation is 1. The molecule has 0 radical (unpaired) electrons. The molecule has 0 N–H and O–H groups in total. The molecule has 0 aliphatic rings. The maximum atomic E-state index is 5.07. The van der Waals surface area contributed by atoms with Gasteiger partial charge in [-0.1, -0.05) is 19.2 Å². The van der Waals surface area contributed by atoms with Gasteiger partial charge in [0.1, 0.15) is 10.8 Å². The van der Waals surface area contributed by atoms with Gasteiger partial charge < -0.3 is 4.42 Å². The molecule has 52 valence electrons. The lowest BCUT2D eigenvalue weighted by atomic mass is 10.5. The highest BCUT2D eigenvalue weighted by Crippen LogP contribution is 1.77. The van der Waals surface area contributed by atoms with Crippen LogP contribution in [0.1, 0.15) is 5.89 Å². The number of oxazole rings is 1. The van der Waals surface area contributed by atoms with Crippen molar-refractivity contribution in [2.45, 2.75) is 6.92 Å². The zero-order chi connectivity index (χ0) is 7.56. The van der Waals surface area contributed by atoms with Gasteiger partial charge in [0.15, 0.2) is 5.89 Å². The van der Waals surface area contributed by atoms with Crippen molar-refractivity contribution in [2.24, 2.45) is 0 Å². The SMILES string of the molecule is C=C/C=c1/nc(C)oc1=C. The largest absolute Gasteiger partial charge is 0.442 e. The summed E-state index contributed by atoms with van der Waals surface area (Å²) in [7, 11) is 0. The first-order chi connectivity index (χ1) is 4.74. The van der Waals surface area contributed by atoms with Crippen LogP contribution in [0, 0.1) is 6.92 Å². The molecule has 1 heterocycles. The molecule has 0 aliphatic heterocycles. The molecule has 0 aliphatic carbocycles. The van der Waals surface area contributed by atoms with Gasteiger partial charge in [-0.2, -0.15) is 0 Å². The van der Waals surface area contributed by atoms with Gasteiger partial charge in [0, 0.05) is 6.92 Å². The van der Waals surface area contributed by atoms with Gasteiger partial charge in [-0.05, 0) is 6.08 Å². The fourth-order valence-electron chi connectivity index (χ4n) is 0.727. The van der Waals surface area contributed by atoms with Crippen molar-refractivity contribution >= 4 is 12.7 Å². The summed E-state index contributed by atoms with van der Waals surface area (Å²) in [5.74, 6) is 0.637. The number of allylic oxidation sites excluding steroid dienone is 1. The van der Waals surface area contributed by atoms with Gasteiger partial charge in [-0.3, -0.25) is 0 Å². The summed E-state index contributed by atoms with van der Waals surface area (Å²) in [5, 5.41) is 0.757. The molecule has 1 aromatic rings. The molecule has 2 nitrogen and oxygen atoms in total. The zero-order valence-electron chi connectivity index (χ0n) is 5.92. The summed E-state index contributed by atoms with van der Waals surface area (Å²) in [6.07, 6.45) is 3.42. The standard InChI is InChI=1S/C8H9NO/c1-4-5-8-6(2)10-7(3)9-8/h4-5H,1-2H2,3H3/b8-5+. The van der Waals surface area contributed by atoms with Crippen LogP contribution >= 0.6 is 0 Å². The average Bonchev–Trinajstić information content (AvgIpc) is 2.13. The Morgan fingerprint density at radius 3 is 2.70 bits per heavy atom. The van der Waals surface area contributed by atoms with Gasteiger partial charge in [-0.15, -0.1) is 0 Å². The first-order valence-corrected chi connectivity index (χ1v) is 2.99. The Balaban J connectivity index is 3.42. The molecule has 10 heavy (non-hydrogen) atoms. The third-order valence-electron chi connectivity index (χ3n) is 1.11. The fraction of sp³-hybridized carbons (Fsp3) is 0.125. The molecule has 0 saturated carbocycles. The van der Waals surface area contributed by atoms with Crippen molar-refractivity contribution in [3.63, 3.8) is 0 Å². The maximum Gasteiger partial charge on any atom is 0.192 e. The zero-order valence-corrected chi connectivity index (χ0v) is 5.92. The van der Waals surface area contributed by atoms with E-state index in [4.69, 9.17) is 4.42 Å². The summed E-state index contributed by atoms with van der Waals surface area (Å²) >= 11 is 0. The van der Waals surface area contributed by atoms with Crippen molar-refractivity contribution in [2.75, 3.05) is 0 Å². The lowest BCUT2D eigenvalue weighted by Gasteiger charge is -1.68. The van der Waals surface area contributed by atoms with Gasteiger partial charge in [-0.25, -0.2) is 4.98 Å². The minimum absolute atomic E-state index is 0.595. The van der Waals surface area contributed by atoms with E-state index in [2.05, 4.69) is 18.1 Å². The van der Waals surface area contributed by atoms with E-state index in [-0.39, 0.29) is 0 Å². The van der Waals surface area contributed by atoms with E-state index in [9.17, 15) is 0 Å². The normalized spacial score (nSPS) is 11.9. The molecule has 1 rings (SSSR count). The molecule has 0 amide bonds. The van der Waals surface area contributed by atoms with Crippen LogP contribution in [-0.4, -0.2) is 4.98 Å². The first-order valence-electron chi connectivity index (χ1n) is 2.99. The second-order valence-corrected chi connectivity index (χ2v) is 1.94. The maximum absolute atomic E-state index is 5.07. The third kappa shape index (κ3) is 1.16. The van der Waals surface area contributed by atoms with Crippen LogP contribution in [0.2, 0.25) is 0 Å². The quantitative estimate of drug-likeness (QED) is 0.555. The smallest absolute Gasteiger partial charge is 0.192 e. The highest BCUT2D eigenvalue weighted by molar-refractivity contribution is 5.31. The topological polar surface area (TPSA) is 26.0 Å². The Hall–Kier alpha value is -1.31. The van der Waals surface area contributed by atoms with Crippen LogP contribution in [0.15, 0.2) is 17.1 Å². The Labute approximate surface area is 59.2 Å². The van der Waals surface area contributed by atoms with Crippen LogP contribution in [-0.2, 0) is 0 Å². The molecule has 0 unspecified atom stereocenters. The Morgan fingerprint density at radius 1 is 1.60 bits per heavy atom. The Kier molecular flexibility index (Phi) is 1.71. The van der Waals surface area contributed by atoms with E-state index in [0.717, 1.165) is 5.35 Å². The molecule has 0 aromatic carbocycles. The monoisotopic (exact) mass is 135 g/mol. The van der Waals surface area contributed by atoms with E-state index in [1.54, 1.807) is 19.1 Å². The summed E-state index contributed by atoms with van der Waals surface area (Å²) in [4.78, 5) is 4.04. The minimum Gasteiger partial charge on any atom is -0.442 e. The number of hydrogen-bond acceptors (Lipinski definition) is 2. The van der Waals surface area contributed by atoms with Crippen LogP contribution in [0.5, 0.6) is 0 Å². The third-order valence-corrected chi connectivity index (χ3v) is 1.11. The predicted molar refractivity (Wildman–Crippen MR) is 40.7 cm³/mol. The van der Waals surface area contributed by atoms with Gasteiger partial charge in [0.05, 0.1) is 0 Å². The predicted octanol–water partition coefficient (Wildman–Crippen LogP) is 0.360. The second-order valence-electron chi connectivity index (χ2n) is 1.94. The summed E-state index contributed by atoms with van der Waals surface area (Å²) < 4.78 is 5.07. The van der Waals surface area contributed by atoms with E-state index in [0.29, 0.717) is 11.3 Å². The molecular formula is C8H9NO. The molecule has 2 heteroatoms. The molecule has 0 saturated heterocycles.